The van der Waals surface area contributed by atoms with Gasteiger partial charge < -0.3 is 0 Å². The van der Waals surface area contributed by atoms with Crippen molar-refractivity contribution in [1.29, 1.82) is 0 Å². The number of pyridine rings is 1. The summed E-state index contributed by atoms with van der Waals surface area (Å²) in [6, 6.07) is 11.6. The molecule has 0 saturated carbocycles. The largest absolute Gasteiger partial charge is 0.350 e. The van der Waals surface area contributed by atoms with Crippen molar-refractivity contribution < 1.29 is 0 Å². The van der Waals surface area contributed by atoms with Gasteiger partial charge in [-0.1, -0.05) is 35.5 Å². The number of hydrogen-bond acceptors (Lipinski definition) is 6. The molecule has 132 valence electrons. The van der Waals surface area contributed by atoms with E-state index in [1.54, 1.807) is 10.9 Å². The standard InChI is InChI=1S/C17H17N7OS/c1-12-6-7-14(13(2)11-12)24-16(18-20-21-24)26-10-9-23-17(25)22-8-4-3-5-15(22)19-23/h3-8,11H,9-10H2,1-2H3. The van der Waals surface area contributed by atoms with Gasteiger partial charge in [-0.3, -0.25) is 4.40 Å². The molecule has 1 aromatic carbocycles. The molecule has 0 fully saturated rings. The maximum Gasteiger partial charge on any atom is 0.350 e. The Labute approximate surface area is 153 Å². The Bertz CT molecular complexity index is 1130. The van der Waals surface area contributed by atoms with Crippen molar-refractivity contribution in [2.24, 2.45) is 0 Å². The second kappa shape index (κ2) is 6.75. The Hall–Kier alpha value is -2.94. The second-order valence-corrected chi connectivity index (χ2v) is 7.01. The molecule has 0 radical (unpaired) electrons. The molecular formula is C17H17N7OS. The number of aryl methyl sites for hydroxylation is 3. The van der Waals surface area contributed by atoms with Crippen LogP contribution in [-0.2, 0) is 6.54 Å². The molecule has 0 aliphatic heterocycles. The van der Waals surface area contributed by atoms with E-state index in [9.17, 15) is 4.79 Å². The van der Waals surface area contributed by atoms with Crippen molar-refractivity contribution in [1.82, 2.24) is 34.4 Å². The van der Waals surface area contributed by atoms with Crippen molar-refractivity contribution in [3.8, 4) is 5.69 Å². The van der Waals surface area contributed by atoms with Gasteiger partial charge in [0.05, 0.1) is 12.2 Å². The Morgan fingerprint density at radius 2 is 2.04 bits per heavy atom. The zero-order valence-corrected chi connectivity index (χ0v) is 15.2. The molecule has 4 aromatic rings. The molecule has 0 saturated heterocycles. The van der Waals surface area contributed by atoms with E-state index in [2.05, 4.69) is 33.6 Å². The third-order valence-electron chi connectivity index (χ3n) is 4.04. The van der Waals surface area contributed by atoms with Gasteiger partial charge in [0.15, 0.2) is 5.65 Å². The van der Waals surface area contributed by atoms with Crippen LogP contribution < -0.4 is 5.69 Å². The minimum absolute atomic E-state index is 0.143. The van der Waals surface area contributed by atoms with Crippen LogP contribution in [0.2, 0.25) is 0 Å². The molecule has 4 rings (SSSR count). The van der Waals surface area contributed by atoms with Gasteiger partial charge in [-0.2, -0.15) is 4.68 Å². The smallest absolute Gasteiger partial charge is 0.250 e. The Morgan fingerprint density at radius 1 is 1.15 bits per heavy atom. The summed E-state index contributed by atoms with van der Waals surface area (Å²) in [7, 11) is 0. The molecule has 0 unspecified atom stereocenters. The summed E-state index contributed by atoms with van der Waals surface area (Å²) in [5.41, 5.74) is 3.75. The first kappa shape index (κ1) is 16.5. The minimum atomic E-state index is -0.143. The van der Waals surface area contributed by atoms with Gasteiger partial charge in [0.2, 0.25) is 5.16 Å². The van der Waals surface area contributed by atoms with Gasteiger partial charge in [0.1, 0.15) is 0 Å². The van der Waals surface area contributed by atoms with Crippen LogP contribution in [0, 0.1) is 13.8 Å². The summed E-state index contributed by atoms with van der Waals surface area (Å²) in [6.45, 7) is 4.57. The summed E-state index contributed by atoms with van der Waals surface area (Å²) >= 11 is 1.49. The highest BCUT2D eigenvalue weighted by molar-refractivity contribution is 7.99. The predicted molar refractivity (Wildman–Crippen MR) is 98.8 cm³/mol. The van der Waals surface area contributed by atoms with Crippen LogP contribution in [0.25, 0.3) is 11.3 Å². The van der Waals surface area contributed by atoms with Crippen LogP contribution in [0.5, 0.6) is 0 Å². The Morgan fingerprint density at radius 3 is 2.85 bits per heavy atom. The Balaban J connectivity index is 1.51. The highest BCUT2D eigenvalue weighted by Crippen LogP contribution is 2.21. The molecule has 3 aromatic heterocycles. The molecule has 8 nitrogen and oxygen atoms in total. The molecule has 0 atom stereocenters. The van der Waals surface area contributed by atoms with Crippen molar-refractivity contribution in [2.45, 2.75) is 25.5 Å². The lowest BCUT2D eigenvalue weighted by molar-refractivity contribution is 0.638. The van der Waals surface area contributed by atoms with Gasteiger partial charge in [0, 0.05) is 11.9 Å². The SMILES string of the molecule is Cc1ccc(-n2nnnc2SCCn2nc3ccccn3c2=O)c(C)c1. The lowest BCUT2D eigenvalue weighted by atomic mass is 10.1. The molecule has 26 heavy (non-hydrogen) atoms. The normalized spacial score (nSPS) is 11.3. The molecule has 0 aliphatic carbocycles. The zero-order chi connectivity index (χ0) is 18.1. The van der Waals surface area contributed by atoms with Crippen molar-refractivity contribution in [2.75, 3.05) is 5.75 Å². The maximum absolute atomic E-state index is 12.3. The van der Waals surface area contributed by atoms with E-state index in [0.29, 0.717) is 23.1 Å². The van der Waals surface area contributed by atoms with Gasteiger partial charge in [-0.25, -0.2) is 9.48 Å². The van der Waals surface area contributed by atoms with Crippen molar-refractivity contribution in [3.63, 3.8) is 0 Å². The van der Waals surface area contributed by atoms with E-state index in [-0.39, 0.29) is 5.69 Å². The molecule has 0 spiro atoms. The van der Waals surface area contributed by atoms with E-state index in [1.807, 2.05) is 37.3 Å². The molecule has 0 amide bonds. The molecule has 0 aliphatic rings. The lowest BCUT2D eigenvalue weighted by Gasteiger charge is -2.08. The topological polar surface area (TPSA) is 82.9 Å². The van der Waals surface area contributed by atoms with Crippen LogP contribution in [0.3, 0.4) is 0 Å². The summed E-state index contributed by atoms with van der Waals surface area (Å²) in [4.78, 5) is 12.3. The minimum Gasteiger partial charge on any atom is -0.250 e. The second-order valence-electron chi connectivity index (χ2n) is 5.95. The van der Waals surface area contributed by atoms with Gasteiger partial charge in [-0.05, 0) is 48.0 Å². The van der Waals surface area contributed by atoms with Crippen LogP contribution in [0.4, 0.5) is 0 Å². The number of thioether (sulfide) groups is 1. The average Bonchev–Trinajstić information content (AvgIpc) is 3.21. The number of benzene rings is 1. The Kier molecular flexibility index (Phi) is 4.29. The fourth-order valence-electron chi connectivity index (χ4n) is 2.80. The van der Waals surface area contributed by atoms with Crippen LogP contribution in [0.15, 0.2) is 52.5 Å². The lowest BCUT2D eigenvalue weighted by Crippen LogP contribution is -2.22. The zero-order valence-electron chi connectivity index (χ0n) is 14.4. The number of tetrazole rings is 1. The van der Waals surface area contributed by atoms with Crippen molar-refractivity contribution >= 4 is 17.4 Å². The van der Waals surface area contributed by atoms with E-state index in [1.165, 1.54) is 26.4 Å². The first-order chi connectivity index (χ1) is 12.6. The van der Waals surface area contributed by atoms with Crippen LogP contribution >= 0.6 is 11.8 Å². The summed E-state index contributed by atoms with van der Waals surface area (Å²) in [5, 5.41) is 17.0. The van der Waals surface area contributed by atoms with Gasteiger partial charge in [-0.15, -0.1) is 10.2 Å². The summed E-state index contributed by atoms with van der Waals surface area (Å²) in [5.74, 6) is 0.634. The number of rotatable bonds is 5. The number of aromatic nitrogens is 7. The highest BCUT2D eigenvalue weighted by Gasteiger charge is 2.12. The number of nitrogens with zero attached hydrogens (tertiary/aromatic N) is 7. The number of hydrogen-bond donors (Lipinski definition) is 0. The monoisotopic (exact) mass is 367 g/mol. The van der Waals surface area contributed by atoms with E-state index in [4.69, 9.17) is 0 Å². The molecule has 3 heterocycles. The summed E-state index contributed by atoms with van der Waals surface area (Å²) < 4.78 is 4.73. The molecular weight excluding hydrogens is 350 g/mol. The number of fused-ring (bicyclic) bond motifs is 1. The molecule has 0 bridgehead atoms. The fourth-order valence-corrected chi connectivity index (χ4v) is 3.60. The van der Waals surface area contributed by atoms with Gasteiger partial charge in [0.25, 0.3) is 0 Å². The quantitative estimate of drug-likeness (QED) is 0.501. The van der Waals surface area contributed by atoms with E-state index in [0.717, 1.165) is 11.3 Å². The van der Waals surface area contributed by atoms with Crippen molar-refractivity contribution in [3.05, 3.63) is 64.2 Å². The van der Waals surface area contributed by atoms with Crippen LogP contribution in [0.1, 0.15) is 11.1 Å². The third-order valence-corrected chi connectivity index (χ3v) is 4.94. The average molecular weight is 367 g/mol. The highest BCUT2D eigenvalue weighted by atomic mass is 32.2. The first-order valence-electron chi connectivity index (χ1n) is 8.16. The van der Waals surface area contributed by atoms with Crippen LogP contribution in [-0.4, -0.2) is 40.1 Å². The summed E-state index contributed by atoms with van der Waals surface area (Å²) in [6.07, 6.45) is 1.72. The van der Waals surface area contributed by atoms with Gasteiger partial charge >= 0.3 is 5.69 Å². The first-order valence-corrected chi connectivity index (χ1v) is 9.15. The predicted octanol–water partition coefficient (Wildman–Crippen LogP) is 1.88. The maximum atomic E-state index is 12.3. The van der Waals surface area contributed by atoms with E-state index < -0.39 is 0 Å². The molecule has 9 heteroatoms. The fraction of sp³-hybridized carbons (Fsp3) is 0.235. The van der Waals surface area contributed by atoms with E-state index >= 15 is 0 Å². The third kappa shape index (κ3) is 3.01. The molecule has 0 N–H and O–H groups in total.